The predicted octanol–water partition coefficient (Wildman–Crippen LogP) is 23.2. The number of aliphatic hydroxyl groups is 1. The van der Waals surface area contributed by atoms with Crippen LogP contribution in [0, 0.1) is 0 Å². The molecular formula is C81H146O17P2. The molecule has 3 N–H and O–H groups in total. The van der Waals surface area contributed by atoms with Gasteiger partial charge < -0.3 is 33.8 Å². The van der Waals surface area contributed by atoms with Crippen molar-refractivity contribution in [2.24, 2.45) is 0 Å². The van der Waals surface area contributed by atoms with Crippen LogP contribution in [0.2, 0.25) is 0 Å². The van der Waals surface area contributed by atoms with Crippen LogP contribution in [0.25, 0.3) is 0 Å². The van der Waals surface area contributed by atoms with Crippen LogP contribution in [0.5, 0.6) is 0 Å². The Balaban J connectivity index is 5.31. The molecule has 5 unspecified atom stereocenters. The van der Waals surface area contributed by atoms with Crippen molar-refractivity contribution in [3.05, 3.63) is 72.9 Å². The van der Waals surface area contributed by atoms with Crippen LogP contribution in [0.3, 0.4) is 0 Å². The lowest BCUT2D eigenvalue weighted by Crippen LogP contribution is -2.30. The zero-order valence-corrected chi connectivity index (χ0v) is 65.4. The van der Waals surface area contributed by atoms with Gasteiger partial charge in [-0.25, -0.2) is 9.13 Å². The van der Waals surface area contributed by atoms with E-state index in [1.54, 1.807) is 0 Å². The second kappa shape index (κ2) is 73.8. The summed E-state index contributed by atoms with van der Waals surface area (Å²) >= 11 is 0. The topological polar surface area (TPSA) is 237 Å². The number of aliphatic hydroxyl groups excluding tert-OH is 1. The molecule has 0 amide bonds. The summed E-state index contributed by atoms with van der Waals surface area (Å²) in [4.78, 5) is 72.9. The van der Waals surface area contributed by atoms with E-state index in [1.807, 2.05) is 0 Å². The average molecular weight is 1450 g/mol. The fourth-order valence-electron chi connectivity index (χ4n) is 10.9. The Kier molecular flexibility index (Phi) is 71.2. The zero-order chi connectivity index (χ0) is 73.2. The molecule has 0 rings (SSSR count). The van der Waals surface area contributed by atoms with E-state index < -0.39 is 97.5 Å². The van der Waals surface area contributed by atoms with Crippen molar-refractivity contribution in [1.29, 1.82) is 0 Å². The predicted molar refractivity (Wildman–Crippen MR) is 409 cm³/mol. The van der Waals surface area contributed by atoms with Crippen LogP contribution in [0.1, 0.15) is 362 Å². The Bertz CT molecular complexity index is 2180. The average Bonchev–Trinajstić information content (AvgIpc) is 2.75. The van der Waals surface area contributed by atoms with Gasteiger partial charge in [0.2, 0.25) is 0 Å². The van der Waals surface area contributed by atoms with Gasteiger partial charge in [0.1, 0.15) is 19.3 Å². The normalized spacial score (nSPS) is 14.3. The van der Waals surface area contributed by atoms with E-state index in [4.69, 9.17) is 37.0 Å². The summed E-state index contributed by atoms with van der Waals surface area (Å²) in [6.07, 6.45) is 74.5. The third-order valence-corrected chi connectivity index (χ3v) is 19.0. The lowest BCUT2D eigenvalue weighted by atomic mass is 10.0. The summed E-state index contributed by atoms with van der Waals surface area (Å²) in [7, 11) is -9.95. The molecule has 0 aromatic carbocycles. The van der Waals surface area contributed by atoms with Crippen molar-refractivity contribution in [3.8, 4) is 0 Å². The van der Waals surface area contributed by atoms with E-state index in [0.29, 0.717) is 25.7 Å². The summed E-state index contributed by atoms with van der Waals surface area (Å²) in [5.74, 6) is -2.19. The van der Waals surface area contributed by atoms with Gasteiger partial charge in [-0.3, -0.25) is 37.3 Å². The number of hydrogen-bond donors (Lipinski definition) is 3. The van der Waals surface area contributed by atoms with Crippen molar-refractivity contribution in [2.45, 2.75) is 380 Å². The molecule has 0 fully saturated rings. The second-order valence-corrected chi connectivity index (χ2v) is 29.9. The molecule has 0 aliphatic rings. The minimum Gasteiger partial charge on any atom is -0.462 e. The molecule has 582 valence electrons. The molecule has 0 aromatic rings. The number of unbranched alkanes of at least 4 members (excludes halogenated alkanes) is 38. The minimum atomic E-state index is -4.98. The molecular weight excluding hydrogens is 1310 g/mol. The molecule has 19 heteroatoms. The Labute approximate surface area is 609 Å². The fraction of sp³-hybridized carbons (Fsp3) is 0.802. The van der Waals surface area contributed by atoms with Crippen molar-refractivity contribution in [3.63, 3.8) is 0 Å². The van der Waals surface area contributed by atoms with Gasteiger partial charge in [0.25, 0.3) is 0 Å². The highest BCUT2D eigenvalue weighted by Crippen LogP contribution is 2.45. The molecule has 5 atom stereocenters. The first kappa shape index (κ1) is 96.5. The van der Waals surface area contributed by atoms with Crippen molar-refractivity contribution in [1.82, 2.24) is 0 Å². The minimum absolute atomic E-state index is 0.0781. The Morgan fingerprint density at radius 3 is 0.810 bits per heavy atom. The maximum atomic E-state index is 13.1. The largest absolute Gasteiger partial charge is 0.472 e. The smallest absolute Gasteiger partial charge is 0.462 e. The molecule has 0 bridgehead atoms. The first-order chi connectivity index (χ1) is 48.7. The molecule has 0 saturated carbocycles. The molecule has 0 saturated heterocycles. The van der Waals surface area contributed by atoms with E-state index in [0.717, 1.165) is 161 Å². The zero-order valence-electron chi connectivity index (χ0n) is 63.6. The SMILES string of the molecule is CCCC/C=C\CCCCCCCC(=O)OC(COC(=O)CCCCCCCCCCCCCCCCC)COP(=O)(O)OCC(O)COP(=O)(O)OCC(COC(=O)CCCCCCCC/C=C\C/C=C\C/C=C\CCCCC)OC(=O)CCCCCCC/C=C\C/C=C\CCCCC. The van der Waals surface area contributed by atoms with Gasteiger partial charge in [0.15, 0.2) is 12.2 Å². The van der Waals surface area contributed by atoms with E-state index in [9.17, 15) is 43.2 Å². The maximum Gasteiger partial charge on any atom is 0.472 e. The maximum absolute atomic E-state index is 13.1. The van der Waals surface area contributed by atoms with Gasteiger partial charge >= 0.3 is 39.5 Å². The summed E-state index contributed by atoms with van der Waals surface area (Å²) in [5, 5.41) is 10.6. The quantitative estimate of drug-likeness (QED) is 0.0169. The summed E-state index contributed by atoms with van der Waals surface area (Å²) in [6.45, 7) is 4.80. The number of hydrogen-bond acceptors (Lipinski definition) is 15. The van der Waals surface area contributed by atoms with Gasteiger partial charge in [0, 0.05) is 25.7 Å². The molecule has 17 nitrogen and oxygen atoms in total. The van der Waals surface area contributed by atoms with E-state index in [-0.39, 0.29) is 25.7 Å². The van der Waals surface area contributed by atoms with Gasteiger partial charge in [-0.1, -0.05) is 293 Å². The van der Waals surface area contributed by atoms with Crippen LogP contribution in [0.4, 0.5) is 0 Å². The lowest BCUT2D eigenvalue weighted by molar-refractivity contribution is -0.161. The highest BCUT2D eigenvalue weighted by molar-refractivity contribution is 7.47. The Morgan fingerprint density at radius 1 is 0.280 bits per heavy atom. The number of allylic oxidation sites excluding steroid dienone is 12. The number of carbonyl (C=O) groups excluding carboxylic acids is 4. The van der Waals surface area contributed by atoms with Crippen molar-refractivity contribution >= 4 is 39.5 Å². The van der Waals surface area contributed by atoms with Crippen LogP contribution in [-0.2, 0) is 65.4 Å². The molecule has 0 radical (unpaired) electrons. The fourth-order valence-corrected chi connectivity index (χ4v) is 12.5. The van der Waals surface area contributed by atoms with E-state index in [2.05, 4.69) is 101 Å². The highest BCUT2D eigenvalue weighted by Gasteiger charge is 2.30. The number of esters is 4. The standard InChI is InChI=1S/C81H146O17P2/c1-5-9-13-17-21-25-29-32-35-36-37-38-41-43-47-50-54-58-62-66-79(84)92-72-77(98-81(86)68-64-60-56-52-48-44-40-34-31-27-23-19-15-11-7-3)74-96-100(89,90)94-70-75(82)69-93-99(87,88)95-73-76(97-80(85)67-63-59-55-51-45-28-24-20-16-12-8-4)71-91-78(83)65-61-57-53-49-46-42-39-33-30-26-22-18-14-10-6-2/h20-21,23-25,27,32,34-35,37-38,40,75-77,82H,5-19,22,26,28-31,33,36,39,41-74H2,1-4H3,(H,87,88)(H,89,90)/b24-20-,25-21-,27-23-,35-32-,38-37-,40-34-. The number of rotatable bonds is 76. The van der Waals surface area contributed by atoms with Crippen LogP contribution < -0.4 is 0 Å². The van der Waals surface area contributed by atoms with Gasteiger partial charge in [0.05, 0.1) is 26.4 Å². The Hall–Kier alpha value is -3.50. The third kappa shape index (κ3) is 72.8. The number of carbonyl (C=O) groups is 4. The number of phosphoric ester groups is 2. The molecule has 0 aliphatic heterocycles. The van der Waals surface area contributed by atoms with E-state index in [1.165, 1.54) is 122 Å². The number of ether oxygens (including phenoxy) is 4. The summed E-state index contributed by atoms with van der Waals surface area (Å²) < 4.78 is 68.6. The summed E-state index contributed by atoms with van der Waals surface area (Å²) in [5.41, 5.74) is 0. The molecule has 0 aliphatic carbocycles. The van der Waals surface area contributed by atoms with Crippen LogP contribution >= 0.6 is 15.6 Å². The third-order valence-electron chi connectivity index (χ3n) is 17.1. The van der Waals surface area contributed by atoms with Crippen molar-refractivity contribution in [2.75, 3.05) is 39.6 Å². The Morgan fingerprint density at radius 2 is 0.500 bits per heavy atom. The first-order valence-electron chi connectivity index (χ1n) is 40.2. The molecule has 0 spiro atoms. The van der Waals surface area contributed by atoms with Gasteiger partial charge in [-0.15, -0.1) is 0 Å². The lowest BCUT2D eigenvalue weighted by Gasteiger charge is -2.21. The second-order valence-electron chi connectivity index (χ2n) is 27.0. The first-order valence-corrected chi connectivity index (χ1v) is 43.2. The summed E-state index contributed by atoms with van der Waals surface area (Å²) in [6, 6.07) is 0. The van der Waals surface area contributed by atoms with Crippen molar-refractivity contribution < 1.29 is 80.2 Å². The van der Waals surface area contributed by atoms with Crippen LogP contribution in [0.15, 0.2) is 72.9 Å². The molecule has 100 heavy (non-hydrogen) atoms. The van der Waals surface area contributed by atoms with Gasteiger partial charge in [-0.2, -0.15) is 0 Å². The van der Waals surface area contributed by atoms with Crippen LogP contribution in [-0.4, -0.2) is 96.7 Å². The van der Waals surface area contributed by atoms with E-state index >= 15 is 0 Å². The monoisotopic (exact) mass is 1450 g/mol. The molecule has 0 aromatic heterocycles. The molecule has 0 heterocycles. The highest BCUT2D eigenvalue weighted by atomic mass is 31.2. The number of phosphoric acid groups is 2. The van der Waals surface area contributed by atoms with Gasteiger partial charge in [-0.05, 0) is 116 Å².